The first-order valence-electron chi connectivity index (χ1n) is 9.56. The molecule has 1 aromatic heterocycles. The molecule has 0 aliphatic rings. The summed E-state index contributed by atoms with van der Waals surface area (Å²) in [6, 6.07) is 8.02. The van der Waals surface area contributed by atoms with Crippen LogP contribution in [0.15, 0.2) is 51.4 Å². The maximum atomic E-state index is 11.6. The number of nitrogens with zero attached hydrogens (tertiary/aromatic N) is 4. The molecule has 0 unspecified atom stereocenters. The summed E-state index contributed by atoms with van der Waals surface area (Å²) in [6.07, 6.45) is 1.47. The molecule has 0 bridgehead atoms. The van der Waals surface area contributed by atoms with Crippen LogP contribution in [-0.2, 0) is 16.0 Å². The van der Waals surface area contributed by atoms with Crippen molar-refractivity contribution in [2.24, 2.45) is 5.10 Å². The lowest BCUT2D eigenvalue weighted by atomic mass is 10.2. The molecule has 1 heterocycles. The van der Waals surface area contributed by atoms with Crippen LogP contribution >= 0.6 is 27.3 Å². The van der Waals surface area contributed by atoms with Crippen molar-refractivity contribution >= 4 is 56.0 Å². The van der Waals surface area contributed by atoms with Crippen LogP contribution in [0.5, 0.6) is 11.5 Å². The number of halogens is 1. The molecule has 0 saturated carbocycles. The highest BCUT2D eigenvalue weighted by molar-refractivity contribution is 9.10. The van der Waals surface area contributed by atoms with Crippen LogP contribution < -0.4 is 10.2 Å². The van der Waals surface area contributed by atoms with E-state index in [4.69, 9.17) is 9.47 Å². The van der Waals surface area contributed by atoms with Gasteiger partial charge in [-0.2, -0.15) is 5.10 Å². The Kier molecular flexibility index (Phi) is 8.21. The van der Waals surface area contributed by atoms with E-state index in [-0.39, 0.29) is 23.9 Å². The summed E-state index contributed by atoms with van der Waals surface area (Å²) in [4.78, 5) is 36.6. The number of nitrogens with one attached hydrogen (secondary N) is 1. The Labute approximate surface area is 204 Å². The third-order valence-electron chi connectivity index (χ3n) is 4.09. The standard InChI is InChI=1S/C20H16BrN5O7S/c1-2-32-19(27)8-14-11-34-20(23-14)24-22-10-12-7-13(21)3-5-17(12)33-18-6-4-15(25(28)29)9-16(18)26(30)31/h3-7,9-11H,2,8H2,1H3,(H,23,24). The van der Waals surface area contributed by atoms with Crippen LogP contribution in [0.3, 0.4) is 0 Å². The minimum absolute atomic E-state index is 0.0490. The minimum atomic E-state index is -0.757. The fourth-order valence-corrected chi connectivity index (χ4v) is 3.67. The molecule has 14 heteroatoms. The first kappa shape index (κ1) is 24.7. The van der Waals surface area contributed by atoms with Gasteiger partial charge in [-0.3, -0.25) is 30.4 Å². The highest BCUT2D eigenvalue weighted by Crippen LogP contribution is 2.36. The van der Waals surface area contributed by atoms with Gasteiger partial charge < -0.3 is 9.47 Å². The van der Waals surface area contributed by atoms with Crippen molar-refractivity contribution in [3.63, 3.8) is 0 Å². The van der Waals surface area contributed by atoms with Crippen LogP contribution in [0.2, 0.25) is 0 Å². The number of aromatic nitrogens is 1. The van der Waals surface area contributed by atoms with Gasteiger partial charge in [0, 0.05) is 21.5 Å². The number of carbonyl (C=O) groups is 1. The van der Waals surface area contributed by atoms with E-state index >= 15 is 0 Å². The number of hydrogen-bond donors (Lipinski definition) is 1. The third kappa shape index (κ3) is 6.55. The van der Waals surface area contributed by atoms with Gasteiger partial charge in [0.1, 0.15) is 5.75 Å². The van der Waals surface area contributed by atoms with Gasteiger partial charge in [-0.25, -0.2) is 4.98 Å². The van der Waals surface area contributed by atoms with E-state index in [1.165, 1.54) is 17.6 Å². The fraction of sp³-hybridized carbons (Fsp3) is 0.150. The molecule has 3 aromatic rings. The summed E-state index contributed by atoms with van der Waals surface area (Å²) < 4.78 is 11.3. The number of ether oxygens (including phenoxy) is 2. The zero-order valence-corrected chi connectivity index (χ0v) is 19.9. The van der Waals surface area contributed by atoms with Crippen LogP contribution in [0, 0.1) is 20.2 Å². The number of carbonyl (C=O) groups excluding carboxylic acids is 1. The number of hydrogen-bond acceptors (Lipinski definition) is 11. The van der Waals surface area contributed by atoms with E-state index < -0.39 is 21.2 Å². The van der Waals surface area contributed by atoms with Gasteiger partial charge >= 0.3 is 11.7 Å². The SMILES string of the molecule is CCOC(=O)Cc1csc(NN=Cc2cc(Br)ccc2Oc2ccc([N+](=O)[O-])cc2[N+](=O)[O-])n1. The largest absolute Gasteiger partial charge is 0.466 e. The second-order valence-corrected chi connectivity index (χ2v) is 8.22. The number of nitro benzene ring substituents is 2. The van der Waals surface area contributed by atoms with E-state index in [0.29, 0.717) is 27.5 Å². The Hall–Kier alpha value is -3.91. The van der Waals surface area contributed by atoms with Crippen molar-refractivity contribution in [3.05, 3.63) is 77.7 Å². The Morgan fingerprint density at radius 1 is 1.21 bits per heavy atom. The summed E-state index contributed by atoms with van der Waals surface area (Å²) in [6.45, 7) is 2.01. The van der Waals surface area contributed by atoms with E-state index in [1.807, 2.05) is 0 Å². The molecule has 34 heavy (non-hydrogen) atoms. The summed E-state index contributed by atoms with van der Waals surface area (Å²) in [5, 5.41) is 28.6. The zero-order chi connectivity index (χ0) is 24.7. The molecule has 0 aliphatic carbocycles. The molecule has 3 rings (SSSR count). The molecule has 0 spiro atoms. The third-order valence-corrected chi connectivity index (χ3v) is 5.38. The van der Waals surface area contributed by atoms with Gasteiger partial charge in [0.2, 0.25) is 10.9 Å². The topological polar surface area (TPSA) is 159 Å². The predicted molar refractivity (Wildman–Crippen MR) is 128 cm³/mol. The van der Waals surface area contributed by atoms with E-state index in [9.17, 15) is 25.0 Å². The second kappa shape index (κ2) is 11.3. The normalized spacial score (nSPS) is 10.8. The lowest BCUT2D eigenvalue weighted by molar-refractivity contribution is -0.394. The van der Waals surface area contributed by atoms with E-state index in [2.05, 4.69) is 31.4 Å². The Balaban J connectivity index is 1.78. The lowest BCUT2D eigenvalue weighted by Crippen LogP contribution is -2.07. The molecule has 12 nitrogen and oxygen atoms in total. The van der Waals surface area contributed by atoms with Gasteiger partial charge in [0.15, 0.2) is 0 Å². The van der Waals surface area contributed by atoms with Gasteiger partial charge in [-0.15, -0.1) is 11.3 Å². The van der Waals surface area contributed by atoms with Crippen LogP contribution in [0.25, 0.3) is 0 Å². The number of nitro groups is 2. The summed E-state index contributed by atoms with van der Waals surface area (Å²) in [5.74, 6) is -0.309. The quantitative estimate of drug-likeness (QED) is 0.157. The Morgan fingerprint density at radius 2 is 1.97 bits per heavy atom. The number of esters is 1. The van der Waals surface area contributed by atoms with Crippen molar-refractivity contribution < 1.29 is 24.1 Å². The monoisotopic (exact) mass is 549 g/mol. The number of benzene rings is 2. The van der Waals surface area contributed by atoms with Gasteiger partial charge in [-0.05, 0) is 31.2 Å². The van der Waals surface area contributed by atoms with E-state index in [0.717, 1.165) is 18.2 Å². The maximum absolute atomic E-state index is 11.6. The highest BCUT2D eigenvalue weighted by Gasteiger charge is 2.22. The number of anilines is 1. The first-order valence-corrected chi connectivity index (χ1v) is 11.2. The molecule has 1 N–H and O–H groups in total. The van der Waals surface area contributed by atoms with Crippen molar-refractivity contribution in [1.29, 1.82) is 0 Å². The Bertz CT molecular complexity index is 1260. The first-order chi connectivity index (χ1) is 16.3. The second-order valence-electron chi connectivity index (χ2n) is 6.45. The summed E-state index contributed by atoms with van der Waals surface area (Å²) >= 11 is 4.60. The fourth-order valence-electron chi connectivity index (χ4n) is 2.64. The minimum Gasteiger partial charge on any atom is -0.466 e. The molecule has 176 valence electrons. The Morgan fingerprint density at radius 3 is 2.68 bits per heavy atom. The highest BCUT2D eigenvalue weighted by atomic mass is 79.9. The van der Waals surface area contributed by atoms with Crippen molar-refractivity contribution in [1.82, 2.24) is 4.98 Å². The molecular formula is C20H16BrN5O7S. The summed E-state index contributed by atoms with van der Waals surface area (Å²) in [5.41, 5.74) is 2.78. The van der Waals surface area contributed by atoms with Crippen molar-refractivity contribution in [2.75, 3.05) is 12.0 Å². The molecule has 0 radical (unpaired) electrons. The van der Waals surface area contributed by atoms with E-state index in [1.54, 1.807) is 30.5 Å². The molecule has 2 aromatic carbocycles. The van der Waals surface area contributed by atoms with Crippen LogP contribution in [0.1, 0.15) is 18.2 Å². The molecule has 0 atom stereocenters. The van der Waals surface area contributed by atoms with Crippen LogP contribution in [-0.4, -0.2) is 33.6 Å². The number of thiazole rings is 1. The molecule has 0 fully saturated rings. The molecule has 0 amide bonds. The lowest BCUT2D eigenvalue weighted by Gasteiger charge is -2.09. The number of hydrazone groups is 1. The van der Waals surface area contributed by atoms with Gasteiger partial charge in [0.05, 0.1) is 40.8 Å². The number of rotatable bonds is 10. The molecule has 0 aliphatic heterocycles. The average Bonchev–Trinajstić information content (AvgIpc) is 3.22. The maximum Gasteiger partial charge on any atom is 0.318 e. The predicted octanol–water partition coefficient (Wildman–Crippen LogP) is 5.07. The molecule has 0 saturated heterocycles. The zero-order valence-electron chi connectivity index (χ0n) is 17.5. The number of non-ortho nitro benzene ring substituents is 1. The smallest absolute Gasteiger partial charge is 0.318 e. The van der Waals surface area contributed by atoms with Crippen molar-refractivity contribution in [2.45, 2.75) is 13.3 Å². The molecular weight excluding hydrogens is 534 g/mol. The average molecular weight is 550 g/mol. The van der Waals surface area contributed by atoms with Crippen LogP contribution in [0.4, 0.5) is 16.5 Å². The van der Waals surface area contributed by atoms with Gasteiger partial charge in [0.25, 0.3) is 5.69 Å². The summed E-state index contributed by atoms with van der Waals surface area (Å²) in [7, 11) is 0. The van der Waals surface area contributed by atoms with Crippen molar-refractivity contribution in [3.8, 4) is 11.5 Å². The van der Waals surface area contributed by atoms with Gasteiger partial charge in [-0.1, -0.05) is 15.9 Å².